The molecule has 0 radical (unpaired) electrons. The van der Waals surface area contributed by atoms with E-state index in [2.05, 4.69) is 27.3 Å². The van der Waals surface area contributed by atoms with Gasteiger partial charge in [-0.25, -0.2) is 17.5 Å². The molecule has 8 nitrogen and oxygen atoms in total. The van der Waals surface area contributed by atoms with E-state index < -0.39 is 9.84 Å². The summed E-state index contributed by atoms with van der Waals surface area (Å²) in [6.07, 6.45) is 1.69. The fourth-order valence-corrected chi connectivity index (χ4v) is 5.46. The summed E-state index contributed by atoms with van der Waals surface area (Å²) in [6.45, 7) is 6.75. The van der Waals surface area contributed by atoms with Crippen molar-refractivity contribution in [3.05, 3.63) is 65.7 Å². The normalized spacial score (nSPS) is 16.2. The first kappa shape index (κ1) is 23.3. The van der Waals surface area contributed by atoms with Crippen LogP contribution in [0.2, 0.25) is 0 Å². The molecule has 0 aliphatic carbocycles. The zero-order valence-corrected chi connectivity index (χ0v) is 19.7. The van der Waals surface area contributed by atoms with Crippen molar-refractivity contribution >= 4 is 15.5 Å². The number of hydrogen-bond acceptors (Lipinski definition) is 7. The molecule has 0 spiro atoms. The van der Waals surface area contributed by atoms with Gasteiger partial charge in [-0.1, -0.05) is 43.2 Å². The van der Waals surface area contributed by atoms with Crippen LogP contribution >= 0.6 is 0 Å². The predicted octanol–water partition coefficient (Wildman–Crippen LogP) is 3.22. The Hall–Kier alpha value is -2.85. The molecule has 10 heteroatoms. The number of tetrazole rings is 1. The number of nitrogens with zero attached hydrogens (tertiary/aromatic N) is 6. The van der Waals surface area contributed by atoms with E-state index in [1.807, 2.05) is 17.9 Å². The molecule has 176 valence electrons. The van der Waals surface area contributed by atoms with Gasteiger partial charge in [0.25, 0.3) is 0 Å². The number of halogens is 1. The highest BCUT2D eigenvalue weighted by Gasteiger charge is 2.30. The highest BCUT2D eigenvalue weighted by molar-refractivity contribution is 7.90. The minimum Gasteiger partial charge on any atom is -0.367 e. The number of aryl methyl sites for hydroxylation is 1. The fraction of sp³-hybridized carbons (Fsp3) is 0.435. The highest BCUT2D eigenvalue weighted by atomic mass is 32.2. The molecule has 1 aliphatic rings. The SMILES string of the molecule is CCCC(c1nnnn1CS(=O)(=O)c1ccc(C)cc1)N1CCN(c2ccccc2F)CC1. The van der Waals surface area contributed by atoms with E-state index in [-0.39, 0.29) is 22.6 Å². The van der Waals surface area contributed by atoms with Crippen LogP contribution in [0.25, 0.3) is 0 Å². The quantitative estimate of drug-likeness (QED) is 0.498. The number of aromatic nitrogens is 4. The molecule has 0 saturated carbocycles. The Balaban J connectivity index is 1.51. The lowest BCUT2D eigenvalue weighted by Crippen LogP contribution is -2.48. The number of sulfone groups is 1. The van der Waals surface area contributed by atoms with Gasteiger partial charge in [-0.05, 0) is 48.0 Å². The lowest BCUT2D eigenvalue weighted by Gasteiger charge is -2.39. The maximum atomic E-state index is 14.2. The van der Waals surface area contributed by atoms with Crippen molar-refractivity contribution in [2.24, 2.45) is 0 Å². The van der Waals surface area contributed by atoms with Gasteiger partial charge < -0.3 is 4.90 Å². The average Bonchev–Trinajstić information content (AvgIpc) is 3.25. The molecule has 33 heavy (non-hydrogen) atoms. The van der Waals surface area contributed by atoms with Crippen LogP contribution in [0.15, 0.2) is 53.4 Å². The van der Waals surface area contributed by atoms with E-state index >= 15 is 0 Å². The van der Waals surface area contributed by atoms with Gasteiger partial charge in [0.15, 0.2) is 21.5 Å². The van der Waals surface area contributed by atoms with E-state index in [1.54, 1.807) is 36.4 Å². The van der Waals surface area contributed by atoms with Crippen molar-refractivity contribution in [2.75, 3.05) is 31.1 Å². The lowest BCUT2D eigenvalue weighted by molar-refractivity contribution is 0.164. The Morgan fingerprint density at radius 3 is 2.39 bits per heavy atom. The molecular weight excluding hydrogens is 443 g/mol. The second-order valence-electron chi connectivity index (χ2n) is 8.37. The van der Waals surface area contributed by atoms with Gasteiger partial charge in [0.05, 0.1) is 16.6 Å². The van der Waals surface area contributed by atoms with Crippen LogP contribution in [0.3, 0.4) is 0 Å². The van der Waals surface area contributed by atoms with Crippen LogP contribution in [0.1, 0.15) is 37.2 Å². The molecule has 1 aliphatic heterocycles. The van der Waals surface area contributed by atoms with Crippen molar-refractivity contribution in [3.63, 3.8) is 0 Å². The van der Waals surface area contributed by atoms with E-state index in [4.69, 9.17) is 0 Å². The maximum Gasteiger partial charge on any atom is 0.198 e. The first-order valence-electron chi connectivity index (χ1n) is 11.2. The third-order valence-corrected chi connectivity index (χ3v) is 7.62. The first-order chi connectivity index (χ1) is 15.9. The summed E-state index contributed by atoms with van der Waals surface area (Å²) in [5.74, 6) is 0.0153. The van der Waals surface area contributed by atoms with Crippen LogP contribution in [0, 0.1) is 12.7 Å². The molecule has 0 N–H and O–H groups in total. The second-order valence-corrected chi connectivity index (χ2v) is 10.3. The molecule has 1 unspecified atom stereocenters. The second kappa shape index (κ2) is 9.96. The Bertz CT molecular complexity index is 1170. The summed E-state index contributed by atoms with van der Waals surface area (Å²) in [4.78, 5) is 4.56. The predicted molar refractivity (Wildman–Crippen MR) is 124 cm³/mol. The summed E-state index contributed by atoms with van der Waals surface area (Å²) < 4.78 is 41.6. The summed E-state index contributed by atoms with van der Waals surface area (Å²) in [6, 6.07) is 13.5. The molecule has 1 aromatic heterocycles. The van der Waals surface area contributed by atoms with Crippen LogP contribution in [-0.4, -0.2) is 59.7 Å². The number of piperazine rings is 1. The van der Waals surface area contributed by atoms with E-state index in [0.717, 1.165) is 18.4 Å². The smallest absolute Gasteiger partial charge is 0.198 e. The number of benzene rings is 2. The Kier molecular flexibility index (Phi) is 7.04. The third-order valence-electron chi connectivity index (χ3n) is 6.04. The van der Waals surface area contributed by atoms with Gasteiger partial charge >= 0.3 is 0 Å². The minimum atomic E-state index is -3.60. The average molecular weight is 473 g/mol. The van der Waals surface area contributed by atoms with Crippen molar-refractivity contribution in [3.8, 4) is 0 Å². The van der Waals surface area contributed by atoms with Crippen LogP contribution in [0.5, 0.6) is 0 Å². The van der Waals surface area contributed by atoms with E-state index in [0.29, 0.717) is 37.7 Å². The van der Waals surface area contributed by atoms with Crippen molar-refractivity contribution in [2.45, 2.75) is 43.5 Å². The Labute approximate surface area is 193 Å². The number of hydrogen-bond donors (Lipinski definition) is 0. The molecule has 0 bridgehead atoms. The third kappa shape index (κ3) is 5.22. The van der Waals surface area contributed by atoms with E-state index in [9.17, 15) is 12.8 Å². The van der Waals surface area contributed by atoms with Crippen LogP contribution in [-0.2, 0) is 15.7 Å². The molecule has 4 rings (SSSR count). The largest absolute Gasteiger partial charge is 0.367 e. The van der Waals surface area contributed by atoms with Crippen molar-refractivity contribution in [1.82, 2.24) is 25.1 Å². The van der Waals surface area contributed by atoms with Gasteiger partial charge in [0.1, 0.15) is 5.82 Å². The molecule has 3 aromatic rings. The fourth-order valence-electron chi connectivity index (χ4n) is 4.25. The summed E-state index contributed by atoms with van der Waals surface area (Å²) >= 11 is 0. The standard InChI is InChI=1S/C23H29FN6O2S/c1-3-6-22(29-15-13-28(14-16-29)21-8-5-4-7-20(21)24)23-25-26-27-30(23)17-33(31,32)19-11-9-18(2)10-12-19/h4-5,7-12,22H,3,6,13-17H2,1-2H3. The number of para-hydroxylation sites is 1. The summed E-state index contributed by atoms with van der Waals surface area (Å²) in [5.41, 5.74) is 1.60. The first-order valence-corrected chi connectivity index (χ1v) is 12.8. The van der Waals surface area contributed by atoms with Crippen molar-refractivity contribution in [1.29, 1.82) is 0 Å². The molecule has 1 saturated heterocycles. The molecule has 2 heterocycles. The zero-order valence-electron chi connectivity index (χ0n) is 18.9. The minimum absolute atomic E-state index is 0.110. The maximum absolute atomic E-state index is 14.2. The highest BCUT2D eigenvalue weighted by Crippen LogP contribution is 2.28. The summed E-state index contributed by atoms with van der Waals surface area (Å²) in [5, 5.41) is 12.0. The molecule has 2 aromatic carbocycles. The van der Waals surface area contributed by atoms with Crippen LogP contribution < -0.4 is 4.90 Å². The van der Waals surface area contributed by atoms with Gasteiger partial charge in [-0.3, -0.25) is 4.90 Å². The lowest BCUT2D eigenvalue weighted by atomic mass is 10.1. The van der Waals surface area contributed by atoms with E-state index in [1.165, 1.54) is 10.7 Å². The Morgan fingerprint density at radius 2 is 1.73 bits per heavy atom. The molecule has 1 fully saturated rings. The monoisotopic (exact) mass is 472 g/mol. The topological polar surface area (TPSA) is 84.2 Å². The van der Waals surface area contributed by atoms with Gasteiger partial charge in [0, 0.05) is 26.2 Å². The molecule has 1 atom stereocenters. The Morgan fingerprint density at radius 1 is 1.03 bits per heavy atom. The molecule has 0 amide bonds. The zero-order chi connectivity index (χ0) is 23.4. The van der Waals surface area contributed by atoms with Gasteiger partial charge in [-0.15, -0.1) is 5.10 Å². The number of anilines is 1. The number of rotatable bonds is 8. The summed E-state index contributed by atoms with van der Waals surface area (Å²) in [7, 11) is -3.60. The van der Waals surface area contributed by atoms with Crippen molar-refractivity contribution < 1.29 is 12.8 Å². The van der Waals surface area contributed by atoms with Gasteiger partial charge in [-0.2, -0.15) is 0 Å². The van der Waals surface area contributed by atoms with Crippen LogP contribution in [0.4, 0.5) is 10.1 Å². The van der Waals surface area contributed by atoms with Gasteiger partial charge in [0.2, 0.25) is 0 Å². The molecular formula is C23H29FN6O2S.